The third-order valence-electron chi connectivity index (χ3n) is 9.15. The van der Waals surface area contributed by atoms with Crippen LogP contribution in [0, 0.1) is 5.92 Å². The van der Waals surface area contributed by atoms with E-state index in [1.807, 2.05) is 19.9 Å². The molecule has 0 radical (unpaired) electrons. The lowest BCUT2D eigenvalue weighted by Crippen LogP contribution is -2.39. The maximum atomic E-state index is 6.54. The molecule has 42 heavy (non-hydrogen) atoms. The summed E-state index contributed by atoms with van der Waals surface area (Å²) in [6.07, 6.45) is 7.77. The van der Waals surface area contributed by atoms with E-state index in [1.54, 1.807) is 6.33 Å². The number of aromatic nitrogens is 5. The zero-order chi connectivity index (χ0) is 29.8. The monoisotopic (exact) mass is 573 g/mol. The molecule has 0 amide bonds. The highest BCUT2D eigenvalue weighted by Crippen LogP contribution is 2.48. The zero-order valence-electron chi connectivity index (χ0n) is 26.2. The first kappa shape index (κ1) is 29.1. The first-order valence-corrected chi connectivity index (χ1v) is 15.6. The minimum Gasteiger partial charge on any atom is -0.383 e. The molecule has 2 fully saturated rings. The summed E-state index contributed by atoms with van der Waals surface area (Å²) in [5.41, 5.74) is 10.7. The molecule has 3 aromatic heterocycles. The molecule has 0 bridgehead atoms. The fourth-order valence-electron chi connectivity index (χ4n) is 6.88. The third kappa shape index (κ3) is 5.66. The Morgan fingerprint density at radius 3 is 2.67 bits per heavy atom. The number of ether oxygens (including phenoxy) is 2. The summed E-state index contributed by atoms with van der Waals surface area (Å²) in [6.45, 7) is 17.4. The summed E-state index contributed by atoms with van der Waals surface area (Å²) in [4.78, 5) is 19.8. The highest BCUT2D eigenvalue weighted by Gasteiger charge is 2.55. The van der Waals surface area contributed by atoms with Crippen LogP contribution in [0.25, 0.3) is 22.1 Å². The van der Waals surface area contributed by atoms with Crippen molar-refractivity contribution in [2.45, 2.75) is 110 Å². The summed E-state index contributed by atoms with van der Waals surface area (Å²) in [5.74, 6) is 1.34. The molecule has 1 saturated heterocycles. The highest BCUT2D eigenvalue weighted by atomic mass is 16.8. The SMILES string of the molecule is CC(C)N(CCCCc1nc2ccc(C(C)(C)C)cc2[nH]1)CC1CC(n2ccc3c(N)ncnc32)C2OC(C)(C)O[C@H]12. The maximum absolute atomic E-state index is 6.54. The quantitative estimate of drug-likeness (QED) is 0.236. The van der Waals surface area contributed by atoms with Crippen molar-refractivity contribution in [3.8, 4) is 0 Å². The largest absolute Gasteiger partial charge is 0.383 e. The van der Waals surface area contributed by atoms with Gasteiger partial charge in [0, 0.05) is 31.1 Å². The molecule has 3 unspecified atom stereocenters. The number of aromatic amines is 1. The number of nitrogen functional groups attached to an aromatic ring is 1. The molecule has 2 aliphatic rings. The molecule has 9 heteroatoms. The Labute approximate surface area is 249 Å². The fourth-order valence-corrected chi connectivity index (χ4v) is 6.88. The molecular formula is C33H47N7O2. The maximum Gasteiger partial charge on any atom is 0.163 e. The number of nitrogens with two attached hydrogens (primary N) is 1. The number of hydrogen-bond acceptors (Lipinski definition) is 7. The van der Waals surface area contributed by atoms with Crippen LogP contribution in [0.1, 0.15) is 85.2 Å². The number of fused-ring (bicyclic) bond motifs is 3. The lowest BCUT2D eigenvalue weighted by atomic mass is 9.87. The summed E-state index contributed by atoms with van der Waals surface area (Å²) in [5, 5.41) is 0.888. The van der Waals surface area contributed by atoms with Gasteiger partial charge >= 0.3 is 0 Å². The van der Waals surface area contributed by atoms with Crippen molar-refractivity contribution in [1.82, 2.24) is 29.4 Å². The highest BCUT2D eigenvalue weighted by molar-refractivity contribution is 5.86. The van der Waals surface area contributed by atoms with Crippen molar-refractivity contribution in [1.29, 1.82) is 0 Å². The first-order valence-electron chi connectivity index (χ1n) is 15.6. The van der Waals surface area contributed by atoms with E-state index in [0.29, 0.717) is 17.8 Å². The van der Waals surface area contributed by atoms with Gasteiger partial charge in [-0.1, -0.05) is 26.8 Å². The number of aryl methyl sites for hydroxylation is 1. The second-order valence-corrected chi connectivity index (χ2v) is 14.1. The van der Waals surface area contributed by atoms with E-state index in [2.05, 4.69) is 83.4 Å². The van der Waals surface area contributed by atoms with Gasteiger partial charge in [-0.25, -0.2) is 15.0 Å². The van der Waals surface area contributed by atoms with Crippen molar-refractivity contribution in [3.05, 3.63) is 48.2 Å². The van der Waals surface area contributed by atoms with E-state index in [-0.39, 0.29) is 23.7 Å². The average molecular weight is 574 g/mol. The Kier molecular flexibility index (Phi) is 7.56. The van der Waals surface area contributed by atoms with Crippen LogP contribution in [0.3, 0.4) is 0 Å². The molecule has 0 spiro atoms. The third-order valence-corrected chi connectivity index (χ3v) is 9.15. The molecule has 4 heterocycles. The van der Waals surface area contributed by atoms with Crippen LogP contribution in [0.4, 0.5) is 5.82 Å². The Morgan fingerprint density at radius 1 is 1.12 bits per heavy atom. The molecule has 1 aliphatic heterocycles. The summed E-state index contributed by atoms with van der Waals surface area (Å²) >= 11 is 0. The van der Waals surface area contributed by atoms with Crippen LogP contribution in [-0.2, 0) is 21.3 Å². The van der Waals surface area contributed by atoms with Crippen molar-refractivity contribution in [2.24, 2.45) is 5.92 Å². The number of anilines is 1. The van der Waals surface area contributed by atoms with E-state index in [4.69, 9.17) is 20.2 Å². The number of nitrogens with one attached hydrogen (secondary N) is 1. The Bertz CT molecular complexity index is 1550. The molecule has 226 valence electrons. The molecule has 1 saturated carbocycles. The first-order chi connectivity index (χ1) is 19.9. The molecule has 6 rings (SSSR count). The van der Waals surface area contributed by atoms with E-state index in [1.165, 1.54) is 5.56 Å². The number of rotatable bonds is 9. The average Bonchev–Trinajstić information content (AvgIpc) is 3.66. The van der Waals surface area contributed by atoms with E-state index < -0.39 is 5.79 Å². The Balaban J connectivity index is 1.11. The normalized spacial score (nSPS) is 24.0. The topological polar surface area (TPSA) is 107 Å². The van der Waals surface area contributed by atoms with Crippen LogP contribution in [0.2, 0.25) is 0 Å². The minimum atomic E-state index is -0.605. The molecular weight excluding hydrogens is 526 g/mol. The molecule has 4 aromatic rings. The van der Waals surface area contributed by atoms with Crippen LogP contribution in [-0.4, -0.2) is 66.5 Å². The summed E-state index contributed by atoms with van der Waals surface area (Å²) < 4.78 is 15.3. The predicted molar refractivity (Wildman–Crippen MR) is 167 cm³/mol. The van der Waals surface area contributed by atoms with Gasteiger partial charge in [0.1, 0.15) is 29.7 Å². The van der Waals surface area contributed by atoms with Gasteiger partial charge in [-0.05, 0) is 82.7 Å². The van der Waals surface area contributed by atoms with Crippen molar-refractivity contribution >= 4 is 27.9 Å². The van der Waals surface area contributed by atoms with Gasteiger partial charge in [0.05, 0.1) is 28.6 Å². The van der Waals surface area contributed by atoms with Gasteiger partial charge < -0.3 is 29.7 Å². The van der Waals surface area contributed by atoms with Gasteiger partial charge in [0.2, 0.25) is 0 Å². The van der Waals surface area contributed by atoms with Crippen molar-refractivity contribution < 1.29 is 9.47 Å². The van der Waals surface area contributed by atoms with Gasteiger partial charge in [-0.15, -0.1) is 0 Å². The van der Waals surface area contributed by atoms with E-state index >= 15 is 0 Å². The van der Waals surface area contributed by atoms with Crippen molar-refractivity contribution in [3.63, 3.8) is 0 Å². The molecule has 3 N–H and O–H groups in total. The fraction of sp³-hybridized carbons (Fsp3) is 0.606. The summed E-state index contributed by atoms with van der Waals surface area (Å²) in [7, 11) is 0. The lowest BCUT2D eigenvalue weighted by molar-refractivity contribution is -0.161. The number of benzene rings is 1. The molecule has 1 aromatic carbocycles. The Morgan fingerprint density at radius 2 is 1.90 bits per heavy atom. The van der Waals surface area contributed by atoms with Gasteiger partial charge in [0.25, 0.3) is 0 Å². The minimum absolute atomic E-state index is 0.0299. The number of hydrogen-bond donors (Lipinski definition) is 2. The van der Waals surface area contributed by atoms with Crippen molar-refractivity contribution in [2.75, 3.05) is 18.8 Å². The van der Waals surface area contributed by atoms with Crippen LogP contribution in [0.5, 0.6) is 0 Å². The van der Waals surface area contributed by atoms with Gasteiger partial charge in [-0.2, -0.15) is 0 Å². The number of nitrogens with zero attached hydrogens (tertiary/aromatic N) is 5. The van der Waals surface area contributed by atoms with Gasteiger partial charge in [0.15, 0.2) is 5.79 Å². The summed E-state index contributed by atoms with van der Waals surface area (Å²) in [6, 6.07) is 9.19. The second-order valence-electron chi connectivity index (χ2n) is 14.1. The molecule has 1 aliphatic carbocycles. The van der Waals surface area contributed by atoms with Crippen LogP contribution < -0.4 is 5.73 Å². The standard InChI is InChI=1S/C33H47N7O2/c1-20(2)39(14-9-8-10-27-37-24-12-11-22(32(3,4)5)17-25(24)38-27)18-21-16-26(29-28(21)41-33(6,7)42-29)40-15-13-23-30(34)35-19-36-31(23)40/h11-13,15,17,19-21,26,28-29H,8-10,14,16,18H2,1-7H3,(H,37,38)(H2,34,35,36)/t21?,26?,28-,29?/m1/s1. The van der Waals surface area contributed by atoms with Crippen LogP contribution in [0.15, 0.2) is 36.8 Å². The lowest BCUT2D eigenvalue weighted by Gasteiger charge is -2.31. The van der Waals surface area contributed by atoms with E-state index in [0.717, 1.165) is 66.7 Å². The number of H-pyrrole nitrogens is 1. The zero-order valence-corrected chi connectivity index (χ0v) is 26.2. The number of imidazole rings is 1. The smallest absolute Gasteiger partial charge is 0.163 e. The number of unbranched alkanes of at least 4 members (excludes halogenated alkanes) is 1. The Hall–Kier alpha value is -3.01. The predicted octanol–water partition coefficient (Wildman–Crippen LogP) is 6.00. The van der Waals surface area contributed by atoms with Crippen LogP contribution >= 0.6 is 0 Å². The van der Waals surface area contributed by atoms with E-state index in [9.17, 15) is 0 Å². The molecule has 4 atom stereocenters. The second kappa shape index (κ2) is 10.9. The molecule has 9 nitrogen and oxygen atoms in total. The van der Waals surface area contributed by atoms with Gasteiger partial charge in [-0.3, -0.25) is 0 Å².